The Morgan fingerprint density at radius 3 is 2.27 bits per heavy atom. The van der Waals surface area contributed by atoms with Crippen LogP contribution in [0.2, 0.25) is 0 Å². The van der Waals surface area contributed by atoms with Gasteiger partial charge in [0.05, 0.1) is 5.75 Å². The van der Waals surface area contributed by atoms with Crippen LogP contribution in [0, 0.1) is 5.92 Å². The Morgan fingerprint density at radius 2 is 2.00 bits per heavy atom. The quantitative estimate of drug-likeness (QED) is 0.413. The average Bonchev–Trinajstić information content (AvgIpc) is 1.81. The third-order valence-electron chi connectivity index (χ3n) is 1.57. The first-order valence-electron chi connectivity index (χ1n) is 3.41. The van der Waals surface area contributed by atoms with Gasteiger partial charge < -0.3 is 1.43 Å². The molecule has 64 valence electrons. The molecule has 0 radical (unpaired) electrons. The van der Waals surface area contributed by atoms with Gasteiger partial charge in [0.25, 0.3) is 10.1 Å². The molecule has 0 saturated heterocycles. The van der Waals surface area contributed by atoms with Crippen molar-refractivity contribution in [2.45, 2.75) is 26.7 Å². The average molecular weight is 174 g/mol. The molecule has 0 fully saturated rings. The van der Waals surface area contributed by atoms with E-state index < -0.39 is 10.1 Å². The van der Waals surface area contributed by atoms with Gasteiger partial charge in [0.1, 0.15) is 0 Å². The van der Waals surface area contributed by atoms with Crippen LogP contribution in [0.1, 0.15) is 28.1 Å². The summed E-state index contributed by atoms with van der Waals surface area (Å²) in [4.78, 5) is 0. The Bertz CT molecular complexity index is 181. The van der Waals surface area contributed by atoms with Crippen LogP contribution in [0.5, 0.6) is 0 Å². The molecule has 0 aromatic heterocycles. The molecule has 0 aromatic carbocycles. The smallest absolute Gasteiger partial charge is 1.00 e. The van der Waals surface area contributed by atoms with Crippen molar-refractivity contribution in [1.82, 2.24) is 0 Å². The Kier molecular flexibility index (Phi) is 7.76. The van der Waals surface area contributed by atoms with E-state index >= 15 is 0 Å². The standard InChI is InChI=1S/C6H14O3S.Li.H/c1-3-6(2)4-5-10(7,8)9;;/h6H,3-5H2,1-2H3,(H,7,8,9);;/q;+1;-1. The van der Waals surface area contributed by atoms with E-state index in [4.69, 9.17) is 4.55 Å². The van der Waals surface area contributed by atoms with Gasteiger partial charge in [0, 0.05) is 0 Å². The molecule has 1 unspecified atom stereocenters. The Balaban J connectivity index is -0.000000405. The number of rotatable bonds is 4. The molecule has 5 heteroatoms. The van der Waals surface area contributed by atoms with Gasteiger partial charge in [-0.25, -0.2) is 0 Å². The van der Waals surface area contributed by atoms with Crippen LogP contribution in [0.15, 0.2) is 0 Å². The van der Waals surface area contributed by atoms with Crippen molar-refractivity contribution in [3.63, 3.8) is 0 Å². The number of hydrogen-bond donors (Lipinski definition) is 1. The maximum atomic E-state index is 10.2. The molecule has 11 heavy (non-hydrogen) atoms. The number of hydrogen-bond acceptors (Lipinski definition) is 2. The summed E-state index contributed by atoms with van der Waals surface area (Å²) >= 11 is 0. The van der Waals surface area contributed by atoms with E-state index in [1.807, 2.05) is 13.8 Å². The zero-order valence-electron chi connectivity index (χ0n) is 8.37. The van der Waals surface area contributed by atoms with Gasteiger partial charge in [-0.2, -0.15) is 8.42 Å². The molecule has 3 nitrogen and oxygen atoms in total. The molecule has 0 heterocycles. The molecule has 0 bridgehead atoms. The zero-order chi connectivity index (χ0) is 8.20. The summed E-state index contributed by atoms with van der Waals surface area (Å²) in [5.41, 5.74) is 0. The largest absolute Gasteiger partial charge is 1.00 e. The summed E-state index contributed by atoms with van der Waals surface area (Å²) in [6, 6.07) is 0. The molecule has 0 aliphatic rings. The topological polar surface area (TPSA) is 54.4 Å². The minimum Gasteiger partial charge on any atom is -1.00 e. The van der Waals surface area contributed by atoms with E-state index in [1.165, 1.54) is 0 Å². The summed E-state index contributed by atoms with van der Waals surface area (Å²) in [5.74, 6) is 0.268. The van der Waals surface area contributed by atoms with Crippen LogP contribution in [0.25, 0.3) is 0 Å². The second kappa shape index (κ2) is 6.07. The maximum absolute atomic E-state index is 10.2. The predicted molar refractivity (Wildman–Crippen MR) is 41.6 cm³/mol. The Morgan fingerprint density at radius 1 is 1.55 bits per heavy atom. The molecule has 0 spiro atoms. The van der Waals surface area contributed by atoms with Crippen molar-refractivity contribution in [2.75, 3.05) is 5.75 Å². The van der Waals surface area contributed by atoms with Crippen molar-refractivity contribution in [3.05, 3.63) is 0 Å². The molecule has 0 saturated carbocycles. The van der Waals surface area contributed by atoms with Crippen LogP contribution >= 0.6 is 0 Å². The predicted octanol–water partition coefficient (Wildman–Crippen LogP) is -1.57. The van der Waals surface area contributed by atoms with E-state index in [2.05, 4.69) is 0 Å². The van der Waals surface area contributed by atoms with E-state index in [0.717, 1.165) is 6.42 Å². The summed E-state index contributed by atoms with van der Waals surface area (Å²) in [6.45, 7) is 3.96. The second-order valence-corrected chi connectivity index (χ2v) is 4.16. The van der Waals surface area contributed by atoms with Crippen molar-refractivity contribution >= 4 is 10.1 Å². The molecule has 0 aromatic rings. The molecular formula is C6H15LiO3S. The van der Waals surface area contributed by atoms with Crippen molar-refractivity contribution in [3.8, 4) is 0 Å². The van der Waals surface area contributed by atoms with Crippen molar-refractivity contribution in [2.24, 2.45) is 5.92 Å². The Labute approximate surface area is 82.0 Å². The molecular weight excluding hydrogens is 159 g/mol. The van der Waals surface area contributed by atoms with Crippen molar-refractivity contribution in [1.29, 1.82) is 0 Å². The van der Waals surface area contributed by atoms with Gasteiger partial charge in [0.2, 0.25) is 0 Å². The van der Waals surface area contributed by atoms with Gasteiger partial charge in [-0.05, 0) is 12.3 Å². The zero-order valence-corrected chi connectivity index (χ0v) is 8.19. The van der Waals surface area contributed by atoms with Crippen LogP contribution in [0.4, 0.5) is 0 Å². The van der Waals surface area contributed by atoms with Crippen LogP contribution in [-0.4, -0.2) is 18.7 Å². The van der Waals surface area contributed by atoms with Gasteiger partial charge in [-0.3, -0.25) is 4.55 Å². The maximum Gasteiger partial charge on any atom is 1.00 e. The van der Waals surface area contributed by atoms with Gasteiger partial charge in [-0.15, -0.1) is 0 Å². The summed E-state index contributed by atoms with van der Waals surface area (Å²) in [5, 5.41) is 0. The minimum absolute atomic E-state index is 0. The first-order valence-corrected chi connectivity index (χ1v) is 5.01. The molecule has 1 atom stereocenters. The summed E-state index contributed by atoms with van der Waals surface area (Å²) < 4.78 is 28.7. The van der Waals surface area contributed by atoms with Crippen molar-refractivity contribution < 1.29 is 33.3 Å². The van der Waals surface area contributed by atoms with Gasteiger partial charge >= 0.3 is 18.9 Å². The third-order valence-corrected chi connectivity index (χ3v) is 2.32. The minimum atomic E-state index is -3.73. The second-order valence-electron chi connectivity index (χ2n) is 2.59. The fraction of sp³-hybridized carbons (Fsp3) is 1.00. The van der Waals surface area contributed by atoms with E-state index in [9.17, 15) is 8.42 Å². The summed E-state index contributed by atoms with van der Waals surface area (Å²) in [6.07, 6.45) is 1.50. The summed E-state index contributed by atoms with van der Waals surface area (Å²) in [7, 11) is -3.73. The van der Waals surface area contributed by atoms with Gasteiger partial charge in [-0.1, -0.05) is 20.3 Å². The third kappa shape index (κ3) is 10.5. The van der Waals surface area contributed by atoms with E-state index in [1.54, 1.807) is 0 Å². The monoisotopic (exact) mass is 174 g/mol. The van der Waals surface area contributed by atoms with Gasteiger partial charge in [0.15, 0.2) is 0 Å². The van der Waals surface area contributed by atoms with E-state index in [-0.39, 0.29) is 26.0 Å². The first-order chi connectivity index (χ1) is 4.45. The van der Waals surface area contributed by atoms with Crippen LogP contribution in [0.3, 0.4) is 0 Å². The SMILES string of the molecule is CCC(C)CCS(=O)(=O)O.[H-].[Li+]. The fourth-order valence-corrected chi connectivity index (χ4v) is 1.25. The molecule has 1 N–H and O–H groups in total. The van der Waals surface area contributed by atoms with E-state index in [0.29, 0.717) is 12.3 Å². The molecule has 0 aliphatic heterocycles. The first kappa shape index (κ1) is 14.1. The Hall–Kier alpha value is 0.507. The molecule has 0 rings (SSSR count). The van der Waals surface area contributed by atoms with Crippen LogP contribution in [-0.2, 0) is 10.1 Å². The molecule has 0 aliphatic carbocycles. The molecule has 0 amide bonds. The normalized spacial score (nSPS) is 13.7. The van der Waals surface area contributed by atoms with Crippen LogP contribution < -0.4 is 18.9 Å². The fourth-order valence-electron chi connectivity index (χ4n) is 0.554.